The number of carbonyl (C=O) groups excluding carboxylic acids is 2. The summed E-state index contributed by atoms with van der Waals surface area (Å²) in [5, 5.41) is 13.8. The summed E-state index contributed by atoms with van der Waals surface area (Å²) in [6.45, 7) is 6.41. The molecule has 26 heavy (non-hydrogen) atoms. The number of rotatable bonds is 6. The lowest BCUT2D eigenvalue weighted by Crippen LogP contribution is -2.31. The molecule has 2 rings (SSSR count). The first-order chi connectivity index (χ1) is 12.4. The maximum Gasteiger partial charge on any atom is 0.273 e. The number of hydrogen-bond acceptors (Lipinski definition) is 4. The number of carbonyl (C=O) groups is 2. The van der Waals surface area contributed by atoms with Crippen molar-refractivity contribution in [2.24, 2.45) is 0 Å². The third-order valence-electron chi connectivity index (χ3n) is 4.20. The average Bonchev–Trinajstić information content (AvgIpc) is 2.62. The van der Waals surface area contributed by atoms with Gasteiger partial charge in [-0.05, 0) is 39.0 Å². The Morgan fingerprint density at radius 2 is 1.65 bits per heavy atom. The van der Waals surface area contributed by atoms with Gasteiger partial charge < -0.3 is 10.2 Å². The predicted octanol–water partition coefficient (Wildman–Crippen LogP) is 3.64. The fraction of sp³-hybridized carbons (Fsp3) is 0.263. The highest BCUT2D eigenvalue weighted by Crippen LogP contribution is 2.23. The van der Waals surface area contributed by atoms with E-state index in [2.05, 4.69) is 5.32 Å². The van der Waals surface area contributed by atoms with Crippen LogP contribution in [0.3, 0.4) is 0 Å². The van der Waals surface area contributed by atoms with Gasteiger partial charge in [0.05, 0.1) is 16.2 Å². The van der Waals surface area contributed by atoms with Crippen molar-refractivity contribution in [2.45, 2.75) is 20.8 Å². The van der Waals surface area contributed by atoms with Crippen molar-refractivity contribution in [3.8, 4) is 0 Å². The molecule has 0 saturated carbocycles. The maximum atomic E-state index is 12.6. The number of hydrogen-bond donors (Lipinski definition) is 1. The summed E-state index contributed by atoms with van der Waals surface area (Å²) in [4.78, 5) is 37.5. The fourth-order valence-corrected chi connectivity index (χ4v) is 2.72. The molecule has 0 atom stereocenters. The Morgan fingerprint density at radius 3 is 2.27 bits per heavy atom. The molecule has 0 unspecified atom stereocenters. The molecule has 7 heteroatoms. The monoisotopic (exact) mass is 355 g/mol. The molecule has 0 saturated heterocycles. The molecule has 0 aliphatic rings. The van der Waals surface area contributed by atoms with Crippen LogP contribution in [0, 0.1) is 17.0 Å². The zero-order valence-electron chi connectivity index (χ0n) is 15.0. The zero-order chi connectivity index (χ0) is 19.3. The Balaban J connectivity index is 2.35. The minimum Gasteiger partial charge on any atom is -0.339 e. The smallest absolute Gasteiger partial charge is 0.273 e. The average molecular weight is 355 g/mol. The molecule has 2 aromatic carbocycles. The molecule has 136 valence electrons. The Hall–Kier alpha value is -3.22. The van der Waals surface area contributed by atoms with Gasteiger partial charge in [-0.2, -0.15) is 0 Å². The largest absolute Gasteiger partial charge is 0.339 e. The van der Waals surface area contributed by atoms with Gasteiger partial charge in [0.25, 0.3) is 17.5 Å². The molecule has 0 aliphatic heterocycles. The van der Waals surface area contributed by atoms with E-state index >= 15 is 0 Å². The van der Waals surface area contributed by atoms with Crippen LogP contribution in [-0.4, -0.2) is 34.7 Å². The molecular formula is C19H21N3O4. The first-order valence-corrected chi connectivity index (χ1v) is 8.34. The number of para-hydroxylation sites is 1. The van der Waals surface area contributed by atoms with Crippen molar-refractivity contribution in [3.05, 3.63) is 69.3 Å². The van der Waals surface area contributed by atoms with Gasteiger partial charge in [-0.3, -0.25) is 19.7 Å². The Kier molecular flexibility index (Phi) is 6.06. The topological polar surface area (TPSA) is 92.6 Å². The van der Waals surface area contributed by atoms with Crippen molar-refractivity contribution < 1.29 is 14.5 Å². The second-order valence-electron chi connectivity index (χ2n) is 5.68. The number of benzene rings is 2. The van der Waals surface area contributed by atoms with Crippen molar-refractivity contribution in [1.29, 1.82) is 0 Å². The van der Waals surface area contributed by atoms with Gasteiger partial charge in [-0.1, -0.05) is 18.2 Å². The van der Waals surface area contributed by atoms with Crippen molar-refractivity contribution >= 4 is 23.2 Å². The highest BCUT2D eigenvalue weighted by Gasteiger charge is 2.21. The van der Waals surface area contributed by atoms with Gasteiger partial charge >= 0.3 is 0 Å². The molecule has 0 radical (unpaired) electrons. The fourth-order valence-electron chi connectivity index (χ4n) is 2.72. The van der Waals surface area contributed by atoms with Gasteiger partial charge in [0.1, 0.15) is 0 Å². The van der Waals surface area contributed by atoms with E-state index in [9.17, 15) is 19.7 Å². The third-order valence-corrected chi connectivity index (χ3v) is 4.20. The van der Waals surface area contributed by atoms with E-state index in [1.807, 2.05) is 13.8 Å². The van der Waals surface area contributed by atoms with Gasteiger partial charge in [0.15, 0.2) is 0 Å². The first-order valence-electron chi connectivity index (χ1n) is 8.34. The van der Waals surface area contributed by atoms with E-state index < -0.39 is 10.8 Å². The number of anilines is 1. The predicted molar refractivity (Wildman–Crippen MR) is 99.5 cm³/mol. The van der Waals surface area contributed by atoms with Gasteiger partial charge in [0, 0.05) is 30.3 Å². The Labute approximate surface area is 151 Å². The lowest BCUT2D eigenvalue weighted by atomic mass is 10.1. The molecule has 0 aromatic heterocycles. The Morgan fingerprint density at radius 1 is 1.04 bits per heavy atom. The molecule has 7 nitrogen and oxygen atoms in total. The van der Waals surface area contributed by atoms with Crippen LogP contribution in [0.1, 0.15) is 40.1 Å². The lowest BCUT2D eigenvalue weighted by molar-refractivity contribution is -0.385. The van der Waals surface area contributed by atoms with E-state index in [4.69, 9.17) is 0 Å². The highest BCUT2D eigenvalue weighted by atomic mass is 16.6. The lowest BCUT2D eigenvalue weighted by Gasteiger charge is -2.20. The zero-order valence-corrected chi connectivity index (χ0v) is 15.0. The number of nitrogens with zero attached hydrogens (tertiary/aromatic N) is 2. The minimum absolute atomic E-state index is 0.120. The number of amides is 2. The van der Waals surface area contributed by atoms with Gasteiger partial charge in [-0.15, -0.1) is 0 Å². The minimum atomic E-state index is -0.524. The molecule has 0 spiro atoms. The second kappa shape index (κ2) is 8.24. The molecule has 0 aliphatic carbocycles. The molecule has 2 aromatic rings. The van der Waals surface area contributed by atoms with Crippen LogP contribution in [0.5, 0.6) is 0 Å². The summed E-state index contributed by atoms with van der Waals surface area (Å²) in [6.07, 6.45) is 0. The highest BCUT2D eigenvalue weighted by molar-refractivity contribution is 6.09. The van der Waals surface area contributed by atoms with Crippen molar-refractivity contribution in [2.75, 3.05) is 18.4 Å². The van der Waals surface area contributed by atoms with Crippen LogP contribution < -0.4 is 5.32 Å². The molecule has 0 fully saturated rings. The summed E-state index contributed by atoms with van der Waals surface area (Å²) in [7, 11) is 0. The van der Waals surface area contributed by atoms with E-state index in [1.165, 1.54) is 25.1 Å². The number of nitro benzene ring substituents is 1. The molecule has 0 bridgehead atoms. The van der Waals surface area contributed by atoms with Gasteiger partial charge in [0.2, 0.25) is 0 Å². The summed E-state index contributed by atoms with van der Waals surface area (Å²) in [5.41, 5.74) is 1.12. The number of nitro groups is 1. The van der Waals surface area contributed by atoms with Crippen molar-refractivity contribution in [1.82, 2.24) is 4.90 Å². The standard InChI is InChI=1S/C19H21N3O4/c1-4-21(5-2)19(24)15-9-6-7-11-16(15)20-18(23)14-10-8-12-17(13(14)3)22(25)26/h6-12H,4-5H2,1-3H3,(H,20,23). The van der Waals surface area contributed by atoms with Crippen LogP contribution in [0.25, 0.3) is 0 Å². The quantitative estimate of drug-likeness (QED) is 0.632. The molecule has 0 heterocycles. The van der Waals surface area contributed by atoms with Crippen LogP contribution >= 0.6 is 0 Å². The summed E-state index contributed by atoms with van der Waals surface area (Å²) in [5.74, 6) is -0.673. The van der Waals surface area contributed by atoms with E-state index in [0.29, 0.717) is 24.3 Å². The molecule has 2 amide bonds. The second-order valence-corrected chi connectivity index (χ2v) is 5.68. The summed E-state index contributed by atoms with van der Waals surface area (Å²) >= 11 is 0. The van der Waals surface area contributed by atoms with Crippen molar-refractivity contribution in [3.63, 3.8) is 0 Å². The maximum absolute atomic E-state index is 12.6. The first kappa shape index (κ1) is 19.1. The third kappa shape index (κ3) is 3.88. The Bertz CT molecular complexity index is 844. The van der Waals surface area contributed by atoms with Gasteiger partial charge in [-0.25, -0.2) is 0 Å². The van der Waals surface area contributed by atoms with Crippen LogP contribution in [0.2, 0.25) is 0 Å². The summed E-state index contributed by atoms with van der Waals surface area (Å²) < 4.78 is 0. The SMILES string of the molecule is CCN(CC)C(=O)c1ccccc1NC(=O)c1cccc([N+](=O)[O-])c1C. The van der Waals surface area contributed by atoms with Crippen LogP contribution in [0.15, 0.2) is 42.5 Å². The van der Waals surface area contributed by atoms with Crippen LogP contribution in [0.4, 0.5) is 11.4 Å². The molecular weight excluding hydrogens is 334 g/mol. The van der Waals surface area contributed by atoms with E-state index in [1.54, 1.807) is 29.2 Å². The normalized spacial score (nSPS) is 10.3. The molecule has 1 N–H and O–H groups in total. The summed E-state index contributed by atoms with van der Waals surface area (Å²) in [6, 6.07) is 11.1. The van der Waals surface area contributed by atoms with E-state index in [0.717, 1.165) is 0 Å². The van der Waals surface area contributed by atoms with Crippen LogP contribution in [-0.2, 0) is 0 Å². The number of nitrogens with one attached hydrogen (secondary N) is 1. The van der Waals surface area contributed by atoms with E-state index in [-0.39, 0.29) is 22.7 Å².